The third-order valence-corrected chi connectivity index (χ3v) is 3.88. The molecule has 0 aromatic carbocycles. The molecule has 0 saturated carbocycles. The first kappa shape index (κ1) is 17.9. The van der Waals surface area contributed by atoms with Crippen LogP contribution in [-0.2, 0) is 9.59 Å². The molecule has 0 bridgehead atoms. The van der Waals surface area contributed by atoms with E-state index in [1.807, 2.05) is 13.8 Å². The van der Waals surface area contributed by atoms with E-state index in [1.165, 1.54) is 0 Å². The molecule has 0 fully saturated rings. The van der Waals surface area contributed by atoms with E-state index in [0.29, 0.717) is 0 Å². The molecule has 0 heterocycles. The molecule has 4 N–H and O–H groups in total. The zero-order chi connectivity index (χ0) is 15.1. The molecule has 0 spiro atoms. The summed E-state index contributed by atoms with van der Waals surface area (Å²) in [5.74, 6) is -0.376. The van der Waals surface area contributed by atoms with Crippen molar-refractivity contribution in [2.75, 3.05) is 6.54 Å². The molecule has 0 saturated heterocycles. The van der Waals surface area contributed by atoms with Crippen LogP contribution in [0.1, 0.15) is 53.9 Å². The second kappa shape index (κ2) is 8.15. The molecule has 2 amide bonds. The number of carbonyl (C=O) groups is 2. The first-order valence-electron chi connectivity index (χ1n) is 7.16. The first-order valence-corrected chi connectivity index (χ1v) is 7.16. The van der Waals surface area contributed by atoms with Gasteiger partial charge in [0.1, 0.15) is 0 Å². The lowest BCUT2D eigenvalue weighted by Gasteiger charge is -2.32. The number of amides is 2. The van der Waals surface area contributed by atoms with Crippen molar-refractivity contribution in [3.05, 3.63) is 0 Å². The van der Waals surface area contributed by atoms with Crippen molar-refractivity contribution in [3.63, 3.8) is 0 Å². The summed E-state index contributed by atoms with van der Waals surface area (Å²) in [7, 11) is 0. The van der Waals surface area contributed by atoms with Crippen molar-refractivity contribution in [1.82, 2.24) is 10.6 Å². The maximum atomic E-state index is 11.9. The van der Waals surface area contributed by atoms with Gasteiger partial charge < -0.3 is 16.4 Å². The minimum Gasteiger partial charge on any atom is -0.349 e. The highest BCUT2D eigenvalue weighted by atomic mass is 16.2. The third kappa shape index (κ3) is 5.59. The zero-order valence-electron chi connectivity index (χ0n) is 12.9. The van der Waals surface area contributed by atoms with Gasteiger partial charge >= 0.3 is 0 Å². The molecule has 19 heavy (non-hydrogen) atoms. The molecule has 5 nitrogen and oxygen atoms in total. The lowest BCUT2D eigenvalue weighted by atomic mass is 9.90. The fourth-order valence-corrected chi connectivity index (χ4v) is 1.94. The second-order valence-electron chi connectivity index (χ2n) is 5.38. The van der Waals surface area contributed by atoms with Gasteiger partial charge in [0.15, 0.2) is 0 Å². The number of nitrogens with two attached hydrogens (primary N) is 1. The summed E-state index contributed by atoms with van der Waals surface area (Å²) in [5, 5.41) is 5.59. The van der Waals surface area contributed by atoms with Crippen molar-refractivity contribution in [1.29, 1.82) is 0 Å². The Labute approximate surface area is 116 Å². The SMILES string of the molecule is CCC(CC)(CC)NC(=O)CNC(=O)[C@@H](N)C(C)C. The van der Waals surface area contributed by atoms with Crippen LogP contribution >= 0.6 is 0 Å². The number of carbonyl (C=O) groups excluding carboxylic acids is 2. The smallest absolute Gasteiger partial charge is 0.239 e. The summed E-state index contributed by atoms with van der Waals surface area (Å²) in [6.07, 6.45) is 2.64. The van der Waals surface area contributed by atoms with Gasteiger partial charge in [-0.3, -0.25) is 9.59 Å². The molecule has 112 valence electrons. The number of rotatable bonds is 8. The van der Waals surface area contributed by atoms with Crippen molar-refractivity contribution in [3.8, 4) is 0 Å². The summed E-state index contributed by atoms with van der Waals surface area (Å²) >= 11 is 0. The van der Waals surface area contributed by atoms with E-state index >= 15 is 0 Å². The van der Waals surface area contributed by atoms with Crippen LogP contribution in [0.25, 0.3) is 0 Å². The van der Waals surface area contributed by atoms with Gasteiger partial charge in [0, 0.05) is 5.54 Å². The van der Waals surface area contributed by atoms with Gasteiger partial charge in [0.2, 0.25) is 11.8 Å². The summed E-state index contributed by atoms with van der Waals surface area (Å²) in [4.78, 5) is 23.5. The molecule has 5 heteroatoms. The predicted octanol–water partition coefficient (Wildman–Crippen LogP) is 1.17. The summed E-state index contributed by atoms with van der Waals surface area (Å²) < 4.78 is 0. The highest BCUT2D eigenvalue weighted by Crippen LogP contribution is 2.18. The molecular weight excluding hydrogens is 242 g/mol. The predicted molar refractivity (Wildman–Crippen MR) is 77.6 cm³/mol. The maximum absolute atomic E-state index is 11.9. The minimum atomic E-state index is -0.568. The van der Waals surface area contributed by atoms with E-state index in [2.05, 4.69) is 31.4 Å². The van der Waals surface area contributed by atoms with Crippen molar-refractivity contribution in [2.45, 2.75) is 65.5 Å². The molecule has 0 radical (unpaired) electrons. The van der Waals surface area contributed by atoms with Crippen molar-refractivity contribution < 1.29 is 9.59 Å². The maximum Gasteiger partial charge on any atom is 0.239 e. The van der Waals surface area contributed by atoms with Crippen molar-refractivity contribution >= 4 is 11.8 Å². The van der Waals surface area contributed by atoms with Gasteiger partial charge in [-0.05, 0) is 25.2 Å². The van der Waals surface area contributed by atoms with Crippen LogP contribution in [0.5, 0.6) is 0 Å². The monoisotopic (exact) mass is 271 g/mol. The van der Waals surface area contributed by atoms with E-state index in [1.54, 1.807) is 0 Å². The first-order chi connectivity index (χ1) is 8.81. The van der Waals surface area contributed by atoms with Gasteiger partial charge in [-0.2, -0.15) is 0 Å². The Morgan fingerprint density at radius 1 is 1.11 bits per heavy atom. The molecule has 0 aliphatic heterocycles. The van der Waals surface area contributed by atoms with Gasteiger partial charge in [0.25, 0.3) is 0 Å². The Morgan fingerprint density at radius 2 is 1.58 bits per heavy atom. The third-order valence-electron chi connectivity index (χ3n) is 3.88. The number of hydrogen-bond donors (Lipinski definition) is 3. The average Bonchev–Trinajstić information content (AvgIpc) is 2.41. The minimum absolute atomic E-state index is 0.0129. The van der Waals surface area contributed by atoms with Gasteiger partial charge in [-0.25, -0.2) is 0 Å². The molecule has 0 aromatic rings. The van der Waals surface area contributed by atoms with Crippen LogP contribution in [0.4, 0.5) is 0 Å². The average molecular weight is 271 g/mol. The second-order valence-corrected chi connectivity index (χ2v) is 5.38. The fraction of sp³-hybridized carbons (Fsp3) is 0.857. The standard InChI is InChI=1S/C14H29N3O2/c1-6-14(7-2,8-3)17-11(18)9-16-13(19)12(15)10(4)5/h10,12H,6-9,15H2,1-5H3,(H,16,19)(H,17,18)/t12-/m0/s1. The van der Waals surface area contributed by atoms with E-state index in [-0.39, 0.29) is 29.8 Å². The topological polar surface area (TPSA) is 84.2 Å². The Kier molecular flexibility index (Phi) is 7.68. The normalized spacial score (nSPS) is 13.2. The summed E-state index contributed by atoms with van der Waals surface area (Å²) in [6, 6.07) is -0.568. The highest BCUT2D eigenvalue weighted by molar-refractivity contribution is 5.87. The summed E-state index contributed by atoms with van der Waals surface area (Å²) in [5.41, 5.74) is 5.54. The molecule has 1 atom stereocenters. The van der Waals surface area contributed by atoms with Gasteiger partial charge in [-0.1, -0.05) is 34.6 Å². The highest BCUT2D eigenvalue weighted by Gasteiger charge is 2.26. The van der Waals surface area contributed by atoms with Crippen LogP contribution in [-0.4, -0.2) is 29.9 Å². The van der Waals surface area contributed by atoms with E-state index in [0.717, 1.165) is 19.3 Å². The Hall–Kier alpha value is -1.10. The Bertz CT molecular complexity index is 291. The van der Waals surface area contributed by atoms with Crippen LogP contribution < -0.4 is 16.4 Å². The van der Waals surface area contributed by atoms with Crippen LogP contribution in [0.15, 0.2) is 0 Å². The van der Waals surface area contributed by atoms with E-state index in [9.17, 15) is 9.59 Å². The van der Waals surface area contributed by atoms with Gasteiger partial charge in [-0.15, -0.1) is 0 Å². The zero-order valence-corrected chi connectivity index (χ0v) is 12.9. The molecule has 0 aliphatic rings. The molecule has 0 aliphatic carbocycles. The van der Waals surface area contributed by atoms with Crippen molar-refractivity contribution in [2.24, 2.45) is 11.7 Å². The fourth-order valence-electron chi connectivity index (χ4n) is 1.94. The lowest BCUT2D eigenvalue weighted by molar-refractivity contribution is -0.128. The summed E-state index contributed by atoms with van der Waals surface area (Å²) in [6.45, 7) is 9.91. The Morgan fingerprint density at radius 3 is 1.95 bits per heavy atom. The van der Waals surface area contributed by atoms with E-state index < -0.39 is 6.04 Å². The molecule has 0 aromatic heterocycles. The molecular formula is C14H29N3O2. The number of nitrogens with one attached hydrogen (secondary N) is 2. The van der Waals surface area contributed by atoms with E-state index in [4.69, 9.17) is 5.73 Å². The lowest BCUT2D eigenvalue weighted by Crippen LogP contribution is -2.52. The number of hydrogen-bond acceptors (Lipinski definition) is 3. The van der Waals surface area contributed by atoms with Crippen LogP contribution in [0.2, 0.25) is 0 Å². The largest absolute Gasteiger partial charge is 0.349 e. The molecule has 0 rings (SSSR count). The Balaban J connectivity index is 4.29. The molecule has 0 unspecified atom stereocenters. The van der Waals surface area contributed by atoms with Gasteiger partial charge in [0.05, 0.1) is 12.6 Å². The quantitative estimate of drug-likeness (QED) is 0.619. The van der Waals surface area contributed by atoms with Crippen LogP contribution in [0.3, 0.4) is 0 Å². The van der Waals surface area contributed by atoms with Crippen LogP contribution in [0, 0.1) is 5.92 Å².